The molecule has 3 N–H and O–H groups in total. The number of aromatic nitrogens is 4. The number of carbonyl (C=O) groups is 1. The number of amides is 1. The largest absolute Gasteiger partial charge is 0.446 e. The summed E-state index contributed by atoms with van der Waals surface area (Å²) in [4.78, 5) is 19.6. The first-order valence-electron chi connectivity index (χ1n) is 8.14. The lowest BCUT2D eigenvalue weighted by Crippen LogP contribution is -2.33. The van der Waals surface area contributed by atoms with Crippen molar-refractivity contribution < 1.29 is 9.53 Å². The first kappa shape index (κ1) is 16.2. The predicted molar refractivity (Wildman–Crippen MR) is 89.0 cm³/mol. The fourth-order valence-electron chi connectivity index (χ4n) is 2.87. The van der Waals surface area contributed by atoms with Crippen LogP contribution in [0.1, 0.15) is 44.7 Å². The zero-order valence-electron chi connectivity index (χ0n) is 13.8. The van der Waals surface area contributed by atoms with Gasteiger partial charge in [0.15, 0.2) is 5.82 Å². The van der Waals surface area contributed by atoms with Gasteiger partial charge in [-0.25, -0.2) is 14.8 Å². The third-order valence-electron chi connectivity index (χ3n) is 3.94. The maximum Gasteiger partial charge on any atom is 0.407 e. The van der Waals surface area contributed by atoms with Gasteiger partial charge in [-0.1, -0.05) is 0 Å². The van der Waals surface area contributed by atoms with Crippen LogP contribution >= 0.6 is 0 Å². The summed E-state index contributed by atoms with van der Waals surface area (Å²) in [5.41, 5.74) is 1.83. The lowest BCUT2D eigenvalue weighted by molar-refractivity contribution is 0.0981. The normalized spacial score (nSPS) is 20.1. The van der Waals surface area contributed by atoms with Crippen molar-refractivity contribution >= 4 is 17.6 Å². The number of aromatic amines is 1. The minimum Gasteiger partial charge on any atom is -0.446 e. The van der Waals surface area contributed by atoms with Gasteiger partial charge in [-0.05, 0) is 33.1 Å². The lowest BCUT2D eigenvalue weighted by atomic mass is 10.0. The van der Waals surface area contributed by atoms with Crippen molar-refractivity contribution in [2.24, 2.45) is 0 Å². The molecule has 0 spiro atoms. The SMILES string of the molecule is CC(C)NC(=O)O[C@@H]1CC[C@H](c2cc(Nc3cncnc3)n[nH]2)C1. The maximum absolute atomic E-state index is 11.7. The van der Waals surface area contributed by atoms with Crippen molar-refractivity contribution in [1.82, 2.24) is 25.5 Å². The van der Waals surface area contributed by atoms with Gasteiger partial charge < -0.3 is 15.4 Å². The van der Waals surface area contributed by atoms with Crippen LogP contribution in [0.3, 0.4) is 0 Å². The molecule has 0 radical (unpaired) electrons. The Morgan fingerprint density at radius 1 is 1.33 bits per heavy atom. The molecule has 0 bridgehead atoms. The molecule has 3 rings (SSSR count). The highest BCUT2D eigenvalue weighted by Gasteiger charge is 2.30. The van der Waals surface area contributed by atoms with Crippen LogP contribution in [-0.2, 0) is 4.74 Å². The van der Waals surface area contributed by atoms with E-state index in [9.17, 15) is 4.79 Å². The lowest BCUT2D eigenvalue weighted by Gasteiger charge is -2.14. The standard InChI is InChI=1S/C16H22N6O2/c1-10(2)19-16(23)24-13-4-3-11(5-13)14-6-15(22-21-14)20-12-7-17-9-18-8-12/h6-11,13H,3-5H2,1-2H3,(H,19,23)(H2,20,21,22)/t11-,13+/m0/s1. The van der Waals surface area contributed by atoms with Crippen molar-refractivity contribution in [2.75, 3.05) is 5.32 Å². The van der Waals surface area contributed by atoms with Crippen molar-refractivity contribution in [3.63, 3.8) is 0 Å². The van der Waals surface area contributed by atoms with Crippen LogP contribution in [-0.4, -0.2) is 38.4 Å². The van der Waals surface area contributed by atoms with Gasteiger partial charge in [-0.2, -0.15) is 5.10 Å². The Hall–Kier alpha value is -2.64. The highest BCUT2D eigenvalue weighted by Crippen LogP contribution is 2.36. The van der Waals surface area contributed by atoms with Gasteiger partial charge in [-0.3, -0.25) is 5.10 Å². The topological polar surface area (TPSA) is 105 Å². The van der Waals surface area contributed by atoms with Crippen molar-refractivity contribution in [2.45, 2.75) is 51.2 Å². The van der Waals surface area contributed by atoms with E-state index in [0.717, 1.165) is 36.5 Å². The molecule has 1 amide bonds. The van der Waals surface area contributed by atoms with Gasteiger partial charge >= 0.3 is 6.09 Å². The molecular formula is C16H22N6O2. The molecule has 8 heteroatoms. The zero-order chi connectivity index (χ0) is 16.9. The van der Waals surface area contributed by atoms with E-state index in [4.69, 9.17) is 4.74 Å². The first-order chi connectivity index (χ1) is 11.6. The molecule has 2 aromatic rings. The number of nitrogens with zero attached hydrogens (tertiary/aromatic N) is 3. The van der Waals surface area contributed by atoms with E-state index in [1.54, 1.807) is 12.4 Å². The molecule has 0 unspecified atom stereocenters. The van der Waals surface area contributed by atoms with E-state index in [0.29, 0.717) is 5.92 Å². The number of carbonyl (C=O) groups excluding carboxylic acids is 1. The molecular weight excluding hydrogens is 308 g/mol. The fourth-order valence-corrected chi connectivity index (χ4v) is 2.87. The molecule has 1 aliphatic rings. The number of hydrogen-bond donors (Lipinski definition) is 3. The van der Waals surface area contributed by atoms with Crippen LogP contribution in [0.2, 0.25) is 0 Å². The predicted octanol–water partition coefficient (Wildman–Crippen LogP) is 2.71. The first-order valence-corrected chi connectivity index (χ1v) is 8.14. The number of alkyl carbamates (subject to hydrolysis) is 1. The number of anilines is 2. The molecule has 128 valence electrons. The monoisotopic (exact) mass is 330 g/mol. The summed E-state index contributed by atoms with van der Waals surface area (Å²) in [6.07, 6.45) is 7.11. The average molecular weight is 330 g/mol. The molecule has 0 saturated heterocycles. The Morgan fingerprint density at radius 3 is 2.88 bits per heavy atom. The molecule has 1 fully saturated rings. The Bertz CT molecular complexity index is 672. The number of nitrogens with one attached hydrogen (secondary N) is 3. The quantitative estimate of drug-likeness (QED) is 0.778. The summed E-state index contributed by atoms with van der Waals surface area (Å²) in [5.74, 6) is 1.04. The van der Waals surface area contributed by atoms with E-state index in [1.165, 1.54) is 6.33 Å². The van der Waals surface area contributed by atoms with Crippen molar-refractivity contribution in [3.8, 4) is 0 Å². The van der Waals surface area contributed by atoms with Crippen LogP contribution in [0.25, 0.3) is 0 Å². The molecule has 8 nitrogen and oxygen atoms in total. The molecule has 24 heavy (non-hydrogen) atoms. The summed E-state index contributed by atoms with van der Waals surface area (Å²) >= 11 is 0. The van der Waals surface area contributed by atoms with Crippen molar-refractivity contribution in [1.29, 1.82) is 0 Å². The van der Waals surface area contributed by atoms with Crippen LogP contribution in [0, 0.1) is 0 Å². The number of rotatable bonds is 5. The van der Waals surface area contributed by atoms with Gasteiger partial charge in [0.1, 0.15) is 12.4 Å². The highest BCUT2D eigenvalue weighted by molar-refractivity contribution is 5.67. The second-order valence-corrected chi connectivity index (χ2v) is 6.30. The minimum atomic E-state index is -0.341. The van der Waals surface area contributed by atoms with Gasteiger partial charge in [0, 0.05) is 23.7 Å². The summed E-state index contributed by atoms with van der Waals surface area (Å²) < 4.78 is 5.46. The Kier molecular flexibility index (Phi) is 4.93. The third-order valence-corrected chi connectivity index (χ3v) is 3.94. The molecule has 1 saturated carbocycles. The van der Waals surface area contributed by atoms with Gasteiger partial charge in [0.05, 0.1) is 18.1 Å². The molecule has 2 atom stereocenters. The maximum atomic E-state index is 11.7. The summed E-state index contributed by atoms with van der Waals surface area (Å²) in [7, 11) is 0. The van der Waals surface area contributed by atoms with Crippen LogP contribution in [0.5, 0.6) is 0 Å². The second kappa shape index (κ2) is 7.29. The van der Waals surface area contributed by atoms with Crippen LogP contribution < -0.4 is 10.6 Å². The fraction of sp³-hybridized carbons (Fsp3) is 0.500. The highest BCUT2D eigenvalue weighted by atomic mass is 16.6. The summed E-state index contributed by atoms with van der Waals surface area (Å²) in [6, 6.07) is 2.06. The molecule has 1 aliphatic carbocycles. The zero-order valence-corrected chi connectivity index (χ0v) is 13.8. The van der Waals surface area contributed by atoms with E-state index < -0.39 is 0 Å². The molecule has 2 aromatic heterocycles. The van der Waals surface area contributed by atoms with Gasteiger partial charge in [0.2, 0.25) is 0 Å². The molecule has 0 aliphatic heterocycles. The number of ether oxygens (including phenoxy) is 1. The van der Waals surface area contributed by atoms with Crippen molar-refractivity contribution in [3.05, 3.63) is 30.5 Å². The smallest absolute Gasteiger partial charge is 0.407 e. The Labute approximate surface area is 140 Å². The van der Waals surface area contributed by atoms with Gasteiger partial charge in [-0.15, -0.1) is 0 Å². The van der Waals surface area contributed by atoms with Crippen LogP contribution in [0.15, 0.2) is 24.8 Å². The van der Waals surface area contributed by atoms with Crippen LogP contribution in [0.4, 0.5) is 16.3 Å². The van der Waals surface area contributed by atoms with Gasteiger partial charge in [0.25, 0.3) is 0 Å². The average Bonchev–Trinajstić information content (AvgIpc) is 3.17. The molecule has 0 aromatic carbocycles. The molecule has 2 heterocycles. The van der Waals surface area contributed by atoms with E-state index >= 15 is 0 Å². The van der Waals surface area contributed by atoms with E-state index in [2.05, 4.69) is 30.8 Å². The van der Waals surface area contributed by atoms with E-state index in [1.807, 2.05) is 19.9 Å². The van der Waals surface area contributed by atoms with E-state index in [-0.39, 0.29) is 18.2 Å². The summed E-state index contributed by atoms with van der Waals surface area (Å²) in [6.45, 7) is 3.82. The minimum absolute atomic E-state index is 0.0454. The summed E-state index contributed by atoms with van der Waals surface area (Å²) in [5, 5.41) is 13.2. The number of hydrogen-bond acceptors (Lipinski definition) is 6. The second-order valence-electron chi connectivity index (χ2n) is 6.30. The Morgan fingerprint density at radius 2 is 2.12 bits per heavy atom. The Balaban J connectivity index is 1.54. The number of H-pyrrole nitrogens is 1. The third kappa shape index (κ3) is 4.21.